The molecule has 1 aliphatic heterocycles. The lowest BCUT2D eigenvalue weighted by Crippen LogP contribution is -2.38. The highest BCUT2D eigenvalue weighted by atomic mass is 31.2. The van der Waals surface area contributed by atoms with Gasteiger partial charge in [0.25, 0.3) is 5.56 Å². The molecule has 1 aliphatic rings. The molecule has 0 aromatic carbocycles. The second-order valence-corrected chi connectivity index (χ2v) is 5.63. The number of aromatic nitrogens is 2. The van der Waals surface area contributed by atoms with Crippen molar-refractivity contribution in [3.63, 3.8) is 0 Å². The van der Waals surface area contributed by atoms with Crippen LogP contribution in [-0.2, 0) is 9.30 Å². The third-order valence-electron chi connectivity index (χ3n) is 2.94. The van der Waals surface area contributed by atoms with E-state index in [1.807, 2.05) is 0 Å². The van der Waals surface area contributed by atoms with Crippen LogP contribution >= 0.6 is 7.82 Å². The maximum absolute atomic E-state index is 11.7. The van der Waals surface area contributed by atoms with Gasteiger partial charge in [-0.05, 0) is 0 Å². The number of aliphatic hydroxyl groups is 3. The Kier molecular flexibility index (Phi) is 4.54. The first-order chi connectivity index (χ1) is 10.1. The number of phosphoric acid groups is 1. The smallest absolute Gasteiger partial charge is 0.397 e. The zero-order chi connectivity index (χ0) is 16.7. The van der Waals surface area contributed by atoms with E-state index in [1.54, 1.807) is 4.98 Å². The lowest BCUT2D eigenvalue weighted by atomic mass is 10.1. The van der Waals surface area contributed by atoms with Gasteiger partial charge in [-0.2, -0.15) is 0 Å². The predicted molar refractivity (Wildman–Crippen MR) is 67.0 cm³/mol. The second kappa shape index (κ2) is 5.93. The second-order valence-electron chi connectivity index (χ2n) is 4.47. The highest BCUT2D eigenvalue weighted by Crippen LogP contribution is 2.36. The Morgan fingerprint density at radius 3 is 2.45 bits per heavy atom. The fourth-order valence-electron chi connectivity index (χ4n) is 1.96. The Morgan fingerprint density at radius 1 is 1.32 bits per heavy atom. The van der Waals surface area contributed by atoms with Gasteiger partial charge < -0.3 is 24.6 Å². The Bertz CT molecular complexity index is 707. The van der Waals surface area contributed by atoms with E-state index in [4.69, 9.17) is 19.6 Å². The summed E-state index contributed by atoms with van der Waals surface area (Å²) >= 11 is 0. The van der Waals surface area contributed by atoms with E-state index in [2.05, 4.69) is 4.52 Å². The fraction of sp³-hybridized carbons (Fsp3) is 0.556. The number of hydrogen-bond acceptors (Lipinski definition) is 8. The van der Waals surface area contributed by atoms with E-state index in [9.17, 15) is 24.4 Å². The van der Waals surface area contributed by atoms with Crippen molar-refractivity contribution in [2.75, 3.05) is 6.61 Å². The van der Waals surface area contributed by atoms with Gasteiger partial charge >= 0.3 is 13.5 Å². The molecule has 0 spiro atoms. The molecule has 4 atom stereocenters. The van der Waals surface area contributed by atoms with Crippen molar-refractivity contribution in [3.05, 3.63) is 27.0 Å². The van der Waals surface area contributed by atoms with Crippen molar-refractivity contribution in [1.82, 2.24) is 9.55 Å². The van der Waals surface area contributed by atoms with E-state index in [0.29, 0.717) is 10.8 Å². The molecule has 0 amide bonds. The molecular weight excluding hydrogens is 327 g/mol. The van der Waals surface area contributed by atoms with E-state index in [1.165, 1.54) is 0 Å². The topological polar surface area (TPSA) is 192 Å². The Morgan fingerprint density at radius 2 is 1.95 bits per heavy atom. The van der Waals surface area contributed by atoms with E-state index in [-0.39, 0.29) is 0 Å². The molecule has 13 heteroatoms. The van der Waals surface area contributed by atoms with Crippen molar-refractivity contribution < 1.29 is 38.9 Å². The average molecular weight is 340 g/mol. The molecule has 1 aromatic heterocycles. The summed E-state index contributed by atoms with van der Waals surface area (Å²) in [5, 5.41) is 28.4. The van der Waals surface area contributed by atoms with Crippen molar-refractivity contribution in [2.45, 2.75) is 24.5 Å². The molecule has 0 aliphatic carbocycles. The van der Waals surface area contributed by atoms with Gasteiger partial charge in [0.15, 0.2) is 6.23 Å². The van der Waals surface area contributed by atoms with Gasteiger partial charge in [0.05, 0.1) is 12.8 Å². The Labute approximate surface area is 121 Å². The summed E-state index contributed by atoms with van der Waals surface area (Å²) in [6, 6.07) is 0. The molecule has 2 heterocycles. The Balaban J connectivity index is 2.44. The molecule has 124 valence electrons. The predicted octanol–water partition coefficient (Wildman–Crippen LogP) is -3.38. The minimum atomic E-state index is -5.05. The number of phosphoric ester groups is 1. The number of ether oxygens (including phenoxy) is 1. The number of rotatable bonds is 4. The van der Waals surface area contributed by atoms with Crippen LogP contribution in [0.3, 0.4) is 0 Å². The normalized spacial score (nSPS) is 28.8. The van der Waals surface area contributed by atoms with Crippen molar-refractivity contribution in [3.8, 4) is 5.75 Å². The molecule has 0 bridgehead atoms. The zero-order valence-corrected chi connectivity index (χ0v) is 11.7. The number of H-pyrrole nitrogens is 1. The van der Waals surface area contributed by atoms with Gasteiger partial charge in [-0.25, -0.2) is 9.36 Å². The molecule has 0 saturated carbocycles. The number of nitrogens with one attached hydrogen (secondary N) is 1. The number of hydrogen-bond donors (Lipinski definition) is 6. The molecule has 0 unspecified atom stereocenters. The summed E-state index contributed by atoms with van der Waals surface area (Å²) in [7, 11) is -5.05. The van der Waals surface area contributed by atoms with Gasteiger partial charge in [0.1, 0.15) is 18.3 Å². The van der Waals surface area contributed by atoms with Crippen molar-refractivity contribution in [1.29, 1.82) is 0 Å². The molecule has 2 rings (SSSR count). The summed E-state index contributed by atoms with van der Waals surface area (Å²) in [6.07, 6.45) is -5.16. The first kappa shape index (κ1) is 16.8. The van der Waals surface area contributed by atoms with Crippen LogP contribution < -0.4 is 15.8 Å². The third kappa shape index (κ3) is 3.28. The van der Waals surface area contributed by atoms with Crippen LogP contribution in [0.5, 0.6) is 5.75 Å². The Hall–Kier alpha value is -1.53. The summed E-state index contributed by atoms with van der Waals surface area (Å²) in [6.45, 7) is -0.640. The van der Waals surface area contributed by atoms with Crippen LogP contribution in [-0.4, -0.2) is 59.6 Å². The molecule has 1 fully saturated rings. The first-order valence-electron chi connectivity index (χ1n) is 5.87. The van der Waals surface area contributed by atoms with Crippen molar-refractivity contribution in [2.24, 2.45) is 0 Å². The summed E-state index contributed by atoms with van der Waals surface area (Å²) in [5.74, 6) is -0.884. The molecule has 22 heavy (non-hydrogen) atoms. The van der Waals surface area contributed by atoms with E-state index in [0.717, 1.165) is 0 Å². The number of aliphatic hydroxyl groups excluding tert-OH is 3. The summed E-state index contributed by atoms with van der Waals surface area (Å²) in [5.41, 5.74) is -2.27. The lowest BCUT2D eigenvalue weighted by molar-refractivity contribution is -0.0552. The van der Waals surface area contributed by atoms with Crippen LogP contribution in [0.4, 0.5) is 0 Å². The lowest BCUT2D eigenvalue weighted by Gasteiger charge is -2.18. The molecule has 12 nitrogen and oxygen atoms in total. The van der Waals surface area contributed by atoms with Crippen LogP contribution in [0, 0.1) is 0 Å². The highest BCUT2D eigenvalue weighted by Gasteiger charge is 2.44. The van der Waals surface area contributed by atoms with Crippen LogP contribution in [0.25, 0.3) is 0 Å². The summed E-state index contributed by atoms with van der Waals surface area (Å²) < 4.78 is 20.5. The minimum Gasteiger partial charge on any atom is -0.397 e. The molecule has 1 aromatic rings. The van der Waals surface area contributed by atoms with Gasteiger partial charge in [-0.15, -0.1) is 0 Å². The van der Waals surface area contributed by atoms with E-state index >= 15 is 0 Å². The summed E-state index contributed by atoms with van der Waals surface area (Å²) in [4.78, 5) is 42.2. The van der Waals surface area contributed by atoms with Gasteiger partial charge in [-0.1, -0.05) is 0 Å². The van der Waals surface area contributed by atoms with E-state index < -0.39 is 56.0 Å². The fourth-order valence-corrected chi connectivity index (χ4v) is 2.35. The molecular formula is C9H13N2O10P. The van der Waals surface area contributed by atoms with Gasteiger partial charge in [0, 0.05) is 0 Å². The maximum atomic E-state index is 11.7. The average Bonchev–Trinajstić information content (AvgIpc) is 2.68. The highest BCUT2D eigenvalue weighted by molar-refractivity contribution is 7.46. The quantitative estimate of drug-likeness (QED) is 0.301. The first-order valence-corrected chi connectivity index (χ1v) is 7.40. The van der Waals surface area contributed by atoms with Crippen LogP contribution in [0.15, 0.2) is 15.8 Å². The standard InChI is InChI=1S/C9H13N2O10P/c12-2-4-5(13)6(14)8(20-4)11-1-3(21-22(17,18)19)7(15)10-9(11)16/h1,4-6,8,12-14H,2H2,(H,10,15,16)(H2,17,18,19)/t4-,5-,6-,8-/m1/s1. The minimum absolute atomic E-state index is 0.579. The molecule has 6 N–H and O–H groups in total. The van der Waals surface area contributed by atoms with Crippen molar-refractivity contribution >= 4 is 7.82 Å². The van der Waals surface area contributed by atoms with Crippen LogP contribution in [0.1, 0.15) is 6.23 Å². The zero-order valence-electron chi connectivity index (χ0n) is 10.8. The maximum Gasteiger partial charge on any atom is 0.525 e. The van der Waals surface area contributed by atoms with Gasteiger partial charge in [0.2, 0.25) is 5.75 Å². The molecule has 0 radical (unpaired) electrons. The monoisotopic (exact) mass is 340 g/mol. The largest absolute Gasteiger partial charge is 0.525 e. The third-order valence-corrected chi connectivity index (χ3v) is 3.38. The van der Waals surface area contributed by atoms with Gasteiger partial charge in [-0.3, -0.25) is 24.1 Å². The SMILES string of the molecule is O=c1[nH]c(=O)n([C@@H]2O[C@H](CO)[C@@H](O)[C@H]2O)cc1OP(=O)(O)O. The number of aromatic amines is 1. The van der Waals surface area contributed by atoms with Crippen LogP contribution in [0.2, 0.25) is 0 Å². The molecule has 1 saturated heterocycles. The number of nitrogens with zero attached hydrogens (tertiary/aromatic N) is 1.